The summed E-state index contributed by atoms with van der Waals surface area (Å²) in [6.07, 6.45) is 3.93. The topological polar surface area (TPSA) is 67.2 Å². The van der Waals surface area contributed by atoms with E-state index in [4.69, 9.17) is 0 Å². The third-order valence-corrected chi connectivity index (χ3v) is 5.20. The van der Waals surface area contributed by atoms with Gasteiger partial charge in [-0.1, -0.05) is 42.0 Å². The van der Waals surface area contributed by atoms with Gasteiger partial charge in [0.2, 0.25) is 11.8 Å². The molecule has 1 unspecified atom stereocenters. The van der Waals surface area contributed by atoms with Gasteiger partial charge in [0.25, 0.3) is 0 Å². The lowest BCUT2D eigenvalue weighted by atomic mass is 10.1. The molecule has 1 N–H and O–H groups in total. The minimum absolute atomic E-state index is 0.00442. The van der Waals surface area contributed by atoms with Crippen LogP contribution in [0.15, 0.2) is 67.0 Å². The van der Waals surface area contributed by atoms with Crippen LogP contribution in [0.25, 0.3) is 0 Å². The molecule has 0 saturated carbocycles. The van der Waals surface area contributed by atoms with Crippen molar-refractivity contribution >= 4 is 17.5 Å². The highest BCUT2D eigenvalue weighted by molar-refractivity contribution is 6.00. The third-order valence-electron chi connectivity index (χ3n) is 5.20. The van der Waals surface area contributed by atoms with Gasteiger partial charge in [0.05, 0.1) is 12.5 Å². The molecule has 2 aromatic carbocycles. The van der Waals surface area contributed by atoms with E-state index in [1.165, 1.54) is 0 Å². The van der Waals surface area contributed by atoms with Gasteiger partial charge in [-0.3, -0.25) is 14.3 Å². The molecule has 3 aromatic rings. The van der Waals surface area contributed by atoms with Gasteiger partial charge in [-0.05, 0) is 36.2 Å². The fraction of sp³-hybridized carbons (Fsp3) is 0.261. The van der Waals surface area contributed by atoms with Crippen molar-refractivity contribution in [3.8, 4) is 0 Å². The average Bonchev–Trinajstić information content (AvgIpc) is 3.37. The first kappa shape index (κ1) is 18.9. The lowest BCUT2D eigenvalue weighted by Crippen LogP contribution is -2.32. The second-order valence-electron chi connectivity index (χ2n) is 7.48. The summed E-state index contributed by atoms with van der Waals surface area (Å²) in [5.74, 6) is -0.406. The molecule has 2 amide bonds. The van der Waals surface area contributed by atoms with Crippen LogP contribution in [0.3, 0.4) is 0 Å². The number of benzene rings is 2. The number of aryl methyl sites for hydroxylation is 1. The van der Waals surface area contributed by atoms with Crippen LogP contribution in [0.4, 0.5) is 5.69 Å². The summed E-state index contributed by atoms with van der Waals surface area (Å²) in [6.45, 7) is 3.57. The molecule has 6 nitrogen and oxygen atoms in total. The largest absolute Gasteiger partial charge is 0.352 e. The van der Waals surface area contributed by atoms with Crippen molar-refractivity contribution in [1.82, 2.24) is 15.1 Å². The highest BCUT2D eigenvalue weighted by Gasteiger charge is 2.34. The Balaban J connectivity index is 1.34. The molecule has 4 rings (SSSR count). The monoisotopic (exact) mass is 388 g/mol. The van der Waals surface area contributed by atoms with Crippen molar-refractivity contribution in [2.75, 3.05) is 11.4 Å². The second kappa shape index (κ2) is 8.31. The van der Waals surface area contributed by atoms with Gasteiger partial charge in [0, 0.05) is 37.6 Å². The molecule has 1 aliphatic heterocycles. The predicted octanol–water partition coefficient (Wildman–Crippen LogP) is 2.91. The average molecular weight is 388 g/mol. The molecule has 1 atom stereocenters. The molecular formula is C23H24N4O2. The summed E-state index contributed by atoms with van der Waals surface area (Å²) in [5.41, 5.74) is 4.15. The van der Waals surface area contributed by atoms with Crippen LogP contribution in [0.5, 0.6) is 0 Å². The normalized spacial score (nSPS) is 16.2. The molecule has 0 spiro atoms. The summed E-state index contributed by atoms with van der Waals surface area (Å²) >= 11 is 0. The second-order valence-corrected chi connectivity index (χ2v) is 7.48. The van der Waals surface area contributed by atoms with Gasteiger partial charge in [0.1, 0.15) is 0 Å². The summed E-state index contributed by atoms with van der Waals surface area (Å²) in [6, 6.07) is 17.8. The first-order valence-corrected chi connectivity index (χ1v) is 9.78. The van der Waals surface area contributed by atoms with Crippen LogP contribution in [-0.4, -0.2) is 28.1 Å². The lowest BCUT2D eigenvalue weighted by molar-refractivity contribution is -0.126. The van der Waals surface area contributed by atoms with E-state index < -0.39 is 0 Å². The van der Waals surface area contributed by atoms with Gasteiger partial charge in [0.15, 0.2) is 0 Å². The molecule has 0 bridgehead atoms. The molecule has 1 aliphatic rings. The number of anilines is 1. The summed E-state index contributed by atoms with van der Waals surface area (Å²) in [5, 5.41) is 7.21. The molecule has 1 saturated heterocycles. The molecular weight excluding hydrogens is 364 g/mol. The number of aromatic nitrogens is 2. The van der Waals surface area contributed by atoms with Crippen LogP contribution in [-0.2, 0) is 22.7 Å². The zero-order chi connectivity index (χ0) is 20.2. The molecule has 0 aliphatic carbocycles. The Morgan fingerprint density at radius 1 is 1.14 bits per heavy atom. The van der Waals surface area contributed by atoms with Gasteiger partial charge in [-0.15, -0.1) is 0 Å². The minimum Gasteiger partial charge on any atom is -0.352 e. The molecule has 148 valence electrons. The van der Waals surface area contributed by atoms with Crippen LogP contribution >= 0.6 is 0 Å². The first-order chi connectivity index (χ1) is 14.1. The Kier molecular flexibility index (Phi) is 5.42. The summed E-state index contributed by atoms with van der Waals surface area (Å²) in [7, 11) is 0. The van der Waals surface area contributed by atoms with E-state index in [2.05, 4.69) is 16.5 Å². The van der Waals surface area contributed by atoms with E-state index in [1.54, 1.807) is 11.1 Å². The lowest BCUT2D eigenvalue weighted by Gasteiger charge is -2.17. The minimum atomic E-state index is -0.323. The number of carbonyl (C=O) groups is 2. The maximum Gasteiger partial charge on any atom is 0.227 e. The molecule has 29 heavy (non-hydrogen) atoms. The Hall–Kier alpha value is -3.41. The molecule has 0 radical (unpaired) electrons. The summed E-state index contributed by atoms with van der Waals surface area (Å²) < 4.78 is 1.86. The quantitative estimate of drug-likeness (QED) is 0.706. The smallest absolute Gasteiger partial charge is 0.227 e. The van der Waals surface area contributed by atoms with Gasteiger partial charge >= 0.3 is 0 Å². The van der Waals surface area contributed by atoms with Crippen molar-refractivity contribution in [3.63, 3.8) is 0 Å². The van der Waals surface area contributed by atoms with E-state index >= 15 is 0 Å². The van der Waals surface area contributed by atoms with Crippen molar-refractivity contribution in [2.45, 2.75) is 26.4 Å². The standard InChI is InChI=1S/C23H24N4O2/c1-17-6-8-21(9-7-17)27-16-20(13-22(27)28)23(29)24-14-18-4-2-5-19(12-18)15-26-11-3-10-25-26/h2-12,20H,13-16H2,1H3,(H,24,29). The zero-order valence-corrected chi connectivity index (χ0v) is 16.4. The van der Waals surface area contributed by atoms with E-state index in [0.717, 1.165) is 22.4 Å². The van der Waals surface area contributed by atoms with Crippen LogP contribution in [0.1, 0.15) is 23.1 Å². The van der Waals surface area contributed by atoms with E-state index in [0.29, 0.717) is 19.6 Å². The third kappa shape index (κ3) is 4.54. The Morgan fingerprint density at radius 2 is 1.93 bits per heavy atom. The number of nitrogens with one attached hydrogen (secondary N) is 1. The number of carbonyl (C=O) groups excluding carboxylic acids is 2. The number of rotatable bonds is 6. The maximum atomic E-state index is 12.6. The molecule has 1 aromatic heterocycles. The van der Waals surface area contributed by atoms with Crippen molar-refractivity contribution in [1.29, 1.82) is 0 Å². The highest BCUT2D eigenvalue weighted by Crippen LogP contribution is 2.25. The number of hydrogen-bond donors (Lipinski definition) is 1. The van der Waals surface area contributed by atoms with Crippen molar-refractivity contribution in [2.24, 2.45) is 5.92 Å². The molecule has 6 heteroatoms. The Bertz CT molecular complexity index is 996. The zero-order valence-electron chi connectivity index (χ0n) is 16.4. The maximum absolute atomic E-state index is 12.6. The number of amides is 2. The number of nitrogens with zero attached hydrogens (tertiary/aromatic N) is 3. The predicted molar refractivity (Wildman–Crippen MR) is 111 cm³/mol. The van der Waals surface area contributed by atoms with Crippen molar-refractivity contribution in [3.05, 3.63) is 83.7 Å². The van der Waals surface area contributed by atoms with Gasteiger partial charge in [-0.2, -0.15) is 5.10 Å². The van der Waals surface area contributed by atoms with E-state index in [-0.39, 0.29) is 24.2 Å². The van der Waals surface area contributed by atoms with Gasteiger partial charge < -0.3 is 10.2 Å². The van der Waals surface area contributed by atoms with E-state index in [1.807, 2.05) is 66.3 Å². The van der Waals surface area contributed by atoms with Crippen LogP contribution < -0.4 is 10.2 Å². The van der Waals surface area contributed by atoms with Gasteiger partial charge in [-0.25, -0.2) is 0 Å². The van der Waals surface area contributed by atoms with E-state index in [9.17, 15) is 9.59 Å². The highest BCUT2D eigenvalue weighted by atomic mass is 16.2. The fourth-order valence-electron chi connectivity index (χ4n) is 3.61. The summed E-state index contributed by atoms with van der Waals surface area (Å²) in [4.78, 5) is 26.7. The molecule has 2 heterocycles. The fourth-order valence-corrected chi connectivity index (χ4v) is 3.61. The van der Waals surface area contributed by atoms with Crippen LogP contribution in [0, 0.1) is 12.8 Å². The molecule has 1 fully saturated rings. The van der Waals surface area contributed by atoms with Crippen LogP contribution in [0.2, 0.25) is 0 Å². The Morgan fingerprint density at radius 3 is 2.69 bits per heavy atom. The number of hydrogen-bond acceptors (Lipinski definition) is 3. The Labute approximate surface area is 170 Å². The first-order valence-electron chi connectivity index (χ1n) is 9.78. The SMILES string of the molecule is Cc1ccc(N2CC(C(=O)NCc3cccc(Cn4cccn4)c3)CC2=O)cc1. The van der Waals surface area contributed by atoms with Crippen molar-refractivity contribution < 1.29 is 9.59 Å².